The summed E-state index contributed by atoms with van der Waals surface area (Å²) in [6, 6.07) is 3.84. The summed E-state index contributed by atoms with van der Waals surface area (Å²) in [6.45, 7) is 5.56. The maximum absolute atomic E-state index is 13.0. The molecule has 5 heteroatoms. The van der Waals surface area contributed by atoms with Crippen LogP contribution in [0.4, 0.5) is 18.9 Å². The number of anilines is 1. The number of hydrogen-bond donors (Lipinski definition) is 0. The van der Waals surface area contributed by atoms with Crippen LogP contribution in [0.1, 0.15) is 17.5 Å². The summed E-state index contributed by atoms with van der Waals surface area (Å²) < 4.78 is 38.9. The normalized spacial score (nSPS) is 19.9. The van der Waals surface area contributed by atoms with E-state index < -0.39 is 11.7 Å². The van der Waals surface area contributed by atoms with Gasteiger partial charge >= 0.3 is 6.18 Å². The van der Waals surface area contributed by atoms with E-state index in [-0.39, 0.29) is 30.5 Å². The van der Waals surface area contributed by atoms with Gasteiger partial charge in [0.05, 0.1) is 11.3 Å². The minimum atomic E-state index is -4.46. The van der Waals surface area contributed by atoms with Gasteiger partial charge in [0.25, 0.3) is 0 Å². The fourth-order valence-corrected chi connectivity index (χ4v) is 2.23. The summed E-state index contributed by atoms with van der Waals surface area (Å²) in [5.74, 6) is -0.380. The average molecular weight is 269 g/mol. The number of carbonyl (C=O) groups is 1. The molecule has 1 fully saturated rings. The van der Waals surface area contributed by atoms with Crippen molar-refractivity contribution in [2.45, 2.75) is 19.5 Å². The molecule has 1 amide bonds. The maximum Gasteiger partial charge on any atom is 0.418 e. The Morgan fingerprint density at radius 2 is 2.11 bits per heavy atom. The number of benzene rings is 1. The van der Waals surface area contributed by atoms with Gasteiger partial charge in [0.15, 0.2) is 0 Å². The molecule has 1 aliphatic heterocycles. The molecule has 19 heavy (non-hydrogen) atoms. The van der Waals surface area contributed by atoms with Gasteiger partial charge in [-0.25, -0.2) is 0 Å². The summed E-state index contributed by atoms with van der Waals surface area (Å²) in [6.07, 6.45) is -2.63. The third kappa shape index (κ3) is 2.64. The maximum atomic E-state index is 13.0. The van der Waals surface area contributed by atoms with Crippen molar-refractivity contribution in [3.63, 3.8) is 0 Å². The van der Waals surface area contributed by atoms with Crippen LogP contribution in [0, 0.1) is 12.8 Å². The van der Waals surface area contributed by atoms with Gasteiger partial charge in [-0.2, -0.15) is 13.2 Å². The molecule has 0 radical (unpaired) electrons. The molecule has 0 aliphatic carbocycles. The Morgan fingerprint density at radius 3 is 2.63 bits per heavy atom. The van der Waals surface area contributed by atoms with Crippen LogP contribution in [0.25, 0.3) is 0 Å². The Morgan fingerprint density at radius 1 is 1.42 bits per heavy atom. The molecular weight excluding hydrogens is 255 g/mol. The molecule has 0 bridgehead atoms. The van der Waals surface area contributed by atoms with Crippen LogP contribution < -0.4 is 4.90 Å². The summed E-state index contributed by atoms with van der Waals surface area (Å²) in [5, 5.41) is 0. The van der Waals surface area contributed by atoms with Crippen molar-refractivity contribution in [2.75, 3.05) is 11.4 Å². The van der Waals surface area contributed by atoms with E-state index in [1.165, 1.54) is 17.0 Å². The lowest BCUT2D eigenvalue weighted by Crippen LogP contribution is -2.27. The first-order valence-electron chi connectivity index (χ1n) is 5.93. The molecule has 0 N–H and O–H groups in total. The SMILES string of the molecule is C=CC1CC(=O)N(c2cc(C)ccc2C(F)(F)F)C1. The highest BCUT2D eigenvalue weighted by Crippen LogP contribution is 2.39. The molecule has 102 valence electrons. The molecule has 1 aromatic carbocycles. The zero-order valence-electron chi connectivity index (χ0n) is 10.5. The first-order valence-corrected chi connectivity index (χ1v) is 5.93. The smallest absolute Gasteiger partial charge is 0.311 e. The molecular formula is C14H14F3NO. The monoisotopic (exact) mass is 269 g/mol. The summed E-state index contributed by atoms with van der Waals surface area (Å²) in [5.41, 5.74) is -0.129. The van der Waals surface area contributed by atoms with Crippen LogP contribution in [0.15, 0.2) is 30.9 Å². The Balaban J connectivity index is 2.47. The van der Waals surface area contributed by atoms with Gasteiger partial charge in [0, 0.05) is 18.9 Å². The van der Waals surface area contributed by atoms with E-state index in [4.69, 9.17) is 0 Å². The van der Waals surface area contributed by atoms with Crippen molar-refractivity contribution in [2.24, 2.45) is 5.92 Å². The minimum absolute atomic E-state index is 0.0538. The first kappa shape index (κ1) is 13.6. The van der Waals surface area contributed by atoms with Gasteiger partial charge in [-0.3, -0.25) is 4.79 Å². The summed E-state index contributed by atoms with van der Waals surface area (Å²) in [7, 11) is 0. The molecule has 1 unspecified atom stereocenters. The van der Waals surface area contributed by atoms with Crippen molar-refractivity contribution in [3.05, 3.63) is 42.0 Å². The Hall–Kier alpha value is -1.78. The van der Waals surface area contributed by atoms with Gasteiger partial charge in [0.1, 0.15) is 0 Å². The fraction of sp³-hybridized carbons (Fsp3) is 0.357. The zero-order chi connectivity index (χ0) is 14.2. The molecule has 0 spiro atoms. The van der Waals surface area contributed by atoms with Gasteiger partial charge in [-0.15, -0.1) is 6.58 Å². The lowest BCUT2D eigenvalue weighted by molar-refractivity contribution is -0.137. The zero-order valence-corrected chi connectivity index (χ0v) is 10.5. The number of nitrogens with zero attached hydrogens (tertiary/aromatic N) is 1. The number of carbonyl (C=O) groups excluding carboxylic acids is 1. The highest BCUT2D eigenvalue weighted by Gasteiger charge is 2.38. The predicted octanol–water partition coefficient (Wildman–Crippen LogP) is 3.55. The average Bonchev–Trinajstić information content (AvgIpc) is 2.68. The third-order valence-corrected chi connectivity index (χ3v) is 3.24. The molecule has 1 heterocycles. The van der Waals surface area contributed by atoms with Crippen LogP contribution in [-0.2, 0) is 11.0 Å². The molecule has 0 aromatic heterocycles. The molecule has 1 aliphatic rings. The second-order valence-electron chi connectivity index (χ2n) is 4.72. The largest absolute Gasteiger partial charge is 0.418 e. The van der Waals surface area contributed by atoms with Crippen molar-refractivity contribution in [1.29, 1.82) is 0 Å². The van der Waals surface area contributed by atoms with E-state index >= 15 is 0 Å². The summed E-state index contributed by atoms with van der Waals surface area (Å²) in [4.78, 5) is 13.1. The Bertz CT molecular complexity index is 522. The molecule has 1 aromatic rings. The lowest BCUT2D eigenvalue weighted by atomic mass is 10.1. The minimum Gasteiger partial charge on any atom is -0.311 e. The number of amides is 1. The van der Waals surface area contributed by atoms with E-state index in [1.807, 2.05) is 0 Å². The second kappa shape index (κ2) is 4.72. The molecule has 1 atom stereocenters. The Labute approximate surface area is 109 Å². The topological polar surface area (TPSA) is 20.3 Å². The number of aryl methyl sites for hydroxylation is 1. The molecule has 2 nitrogen and oxygen atoms in total. The van der Waals surface area contributed by atoms with Gasteiger partial charge in [-0.1, -0.05) is 12.1 Å². The molecule has 0 saturated carbocycles. The van der Waals surface area contributed by atoms with E-state index in [9.17, 15) is 18.0 Å². The van der Waals surface area contributed by atoms with E-state index in [1.54, 1.807) is 13.0 Å². The highest BCUT2D eigenvalue weighted by atomic mass is 19.4. The fourth-order valence-electron chi connectivity index (χ4n) is 2.23. The quantitative estimate of drug-likeness (QED) is 0.752. The van der Waals surface area contributed by atoms with Crippen molar-refractivity contribution < 1.29 is 18.0 Å². The van der Waals surface area contributed by atoms with Crippen LogP contribution >= 0.6 is 0 Å². The van der Waals surface area contributed by atoms with Gasteiger partial charge < -0.3 is 4.90 Å². The number of halogens is 3. The number of rotatable bonds is 2. The summed E-state index contributed by atoms with van der Waals surface area (Å²) >= 11 is 0. The van der Waals surface area contributed by atoms with Crippen molar-refractivity contribution in [3.8, 4) is 0 Å². The van der Waals surface area contributed by atoms with Crippen LogP contribution in [-0.4, -0.2) is 12.5 Å². The molecule has 1 saturated heterocycles. The van der Waals surface area contributed by atoms with Crippen molar-refractivity contribution in [1.82, 2.24) is 0 Å². The van der Waals surface area contributed by atoms with E-state index in [2.05, 4.69) is 6.58 Å². The van der Waals surface area contributed by atoms with Gasteiger partial charge in [-0.05, 0) is 24.6 Å². The molecule has 2 rings (SSSR count). The highest BCUT2D eigenvalue weighted by molar-refractivity contribution is 5.96. The van der Waals surface area contributed by atoms with Crippen LogP contribution in [0.2, 0.25) is 0 Å². The van der Waals surface area contributed by atoms with E-state index in [0.717, 1.165) is 6.07 Å². The van der Waals surface area contributed by atoms with Gasteiger partial charge in [0.2, 0.25) is 5.91 Å². The van der Waals surface area contributed by atoms with E-state index in [0.29, 0.717) is 5.56 Å². The number of alkyl halides is 3. The Kier molecular flexibility index (Phi) is 3.39. The van der Waals surface area contributed by atoms with Crippen LogP contribution in [0.5, 0.6) is 0 Å². The number of hydrogen-bond acceptors (Lipinski definition) is 1. The standard InChI is InChI=1S/C14H14F3NO/c1-3-10-7-13(19)18(8-10)12-6-9(2)4-5-11(12)14(15,16)17/h3-6,10H,1,7-8H2,2H3. The second-order valence-corrected chi connectivity index (χ2v) is 4.72. The first-order chi connectivity index (χ1) is 8.82. The van der Waals surface area contributed by atoms with Crippen LogP contribution in [0.3, 0.4) is 0 Å². The predicted molar refractivity (Wildman–Crippen MR) is 66.8 cm³/mol. The third-order valence-electron chi connectivity index (χ3n) is 3.24. The lowest BCUT2D eigenvalue weighted by Gasteiger charge is -2.22. The van der Waals surface area contributed by atoms with Crippen molar-refractivity contribution >= 4 is 11.6 Å².